The number of hydrogen-bond acceptors (Lipinski definition) is 0. The van der Waals surface area contributed by atoms with Gasteiger partial charge >= 0.3 is 0 Å². The smallest absolute Gasteiger partial charge is 0.00326 e. The highest BCUT2D eigenvalue weighted by Crippen LogP contribution is 2.42. The van der Waals surface area contributed by atoms with E-state index in [1.807, 2.05) is 0 Å². The molecule has 6 rings (SSSR count). The average Bonchev–Trinajstić information content (AvgIpc) is 3.24. The Kier molecular flexibility index (Phi) is 2.28. The minimum Gasteiger partial charge on any atom is -0.0613 e. The molecule has 0 saturated heterocycles. The van der Waals surface area contributed by atoms with Gasteiger partial charge in [-0.05, 0) is 67.8 Å². The minimum absolute atomic E-state index is 1.18. The number of hydrogen-bond donors (Lipinski definition) is 0. The maximum atomic E-state index is 2.34. The van der Waals surface area contributed by atoms with Gasteiger partial charge in [0, 0.05) is 0 Å². The van der Waals surface area contributed by atoms with E-state index in [0.717, 1.165) is 0 Å². The Morgan fingerprint density at radius 1 is 0.500 bits per heavy atom. The van der Waals surface area contributed by atoms with Crippen LogP contribution < -0.4 is 0 Å². The first-order valence-corrected chi connectivity index (χ1v) is 8.68. The van der Waals surface area contributed by atoms with Crippen molar-refractivity contribution in [1.82, 2.24) is 0 Å². The summed E-state index contributed by atoms with van der Waals surface area (Å²) in [7, 11) is 0. The molecule has 0 heteroatoms. The van der Waals surface area contributed by atoms with Crippen LogP contribution in [-0.2, 0) is 12.8 Å². The van der Waals surface area contributed by atoms with E-state index in [-0.39, 0.29) is 0 Å². The van der Waals surface area contributed by atoms with Crippen molar-refractivity contribution in [2.45, 2.75) is 12.8 Å². The van der Waals surface area contributed by atoms with Crippen LogP contribution in [-0.4, -0.2) is 0 Å². The van der Waals surface area contributed by atoms with Crippen molar-refractivity contribution in [1.29, 1.82) is 0 Å². The van der Waals surface area contributed by atoms with Gasteiger partial charge in [0.2, 0.25) is 0 Å². The van der Waals surface area contributed by atoms with E-state index in [9.17, 15) is 0 Å². The lowest BCUT2D eigenvalue weighted by Crippen LogP contribution is -1.88. The lowest BCUT2D eigenvalue weighted by molar-refractivity contribution is 1.02. The van der Waals surface area contributed by atoms with Crippen LogP contribution in [0.1, 0.15) is 22.3 Å². The summed E-state index contributed by atoms with van der Waals surface area (Å²) in [6, 6.07) is 22.7. The summed E-state index contributed by atoms with van der Waals surface area (Å²) in [5, 5.41) is 5.68. The lowest BCUT2D eigenvalue weighted by atomic mass is 9.90. The van der Waals surface area contributed by atoms with E-state index in [1.165, 1.54) is 67.8 Å². The second-order valence-corrected chi connectivity index (χ2v) is 6.92. The molecule has 0 atom stereocenters. The van der Waals surface area contributed by atoms with Crippen LogP contribution in [0.4, 0.5) is 0 Å². The zero-order valence-electron chi connectivity index (χ0n) is 13.3. The van der Waals surface area contributed by atoms with Crippen molar-refractivity contribution >= 4 is 33.7 Å². The van der Waals surface area contributed by atoms with E-state index in [2.05, 4.69) is 72.8 Å². The highest BCUT2D eigenvalue weighted by molar-refractivity contribution is 6.13. The molecule has 0 fully saturated rings. The molecule has 0 heterocycles. The van der Waals surface area contributed by atoms with E-state index in [1.54, 1.807) is 0 Å². The third kappa shape index (κ3) is 1.48. The van der Waals surface area contributed by atoms with Gasteiger partial charge in [0.15, 0.2) is 0 Å². The fraction of sp³-hybridized carbons (Fsp3) is 0.0833. The molecule has 112 valence electrons. The normalized spacial score (nSPS) is 14.2. The summed E-state index contributed by atoms with van der Waals surface area (Å²) in [5.74, 6) is 0. The van der Waals surface area contributed by atoms with Gasteiger partial charge in [-0.15, -0.1) is 0 Å². The first-order valence-electron chi connectivity index (χ1n) is 8.68. The van der Waals surface area contributed by atoms with Crippen LogP contribution in [0.5, 0.6) is 0 Å². The summed E-state index contributed by atoms with van der Waals surface area (Å²) in [4.78, 5) is 0. The molecule has 0 saturated carbocycles. The first kappa shape index (κ1) is 12.5. The topological polar surface area (TPSA) is 0 Å². The molecule has 2 aliphatic carbocycles. The van der Waals surface area contributed by atoms with Crippen LogP contribution in [0.15, 0.2) is 60.7 Å². The molecule has 0 bridgehead atoms. The van der Waals surface area contributed by atoms with E-state index < -0.39 is 0 Å². The molecular weight excluding hydrogens is 288 g/mol. The lowest BCUT2D eigenvalue weighted by Gasteiger charge is -2.13. The molecule has 0 aromatic heterocycles. The Labute approximate surface area is 141 Å². The van der Waals surface area contributed by atoms with Crippen LogP contribution in [0.2, 0.25) is 0 Å². The number of aryl methyl sites for hydroxylation is 2. The van der Waals surface area contributed by atoms with Crippen molar-refractivity contribution in [3.05, 3.63) is 82.9 Å². The highest BCUT2D eigenvalue weighted by Gasteiger charge is 2.18. The molecule has 0 radical (unpaired) electrons. The quantitative estimate of drug-likeness (QED) is 0.344. The second-order valence-electron chi connectivity index (χ2n) is 6.92. The molecule has 4 aromatic rings. The summed E-state index contributed by atoms with van der Waals surface area (Å²) >= 11 is 0. The van der Waals surface area contributed by atoms with Crippen LogP contribution in [0.3, 0.4) is 0 Å². The van der Waals surface area contributed by atoms with Crippen molar-refractivity contribution < 1.29 is 0 Å². The van der Waals surface area contributed by atoms with Gasteiger partial charge in [0.25, 0.3) is 0 Å². The first-order chi connectivity index (χ1) is 11.9. The molecule has 0 spiro atoms. The summed E-state index contributed by atoms with van der Waals surface area (Å²) in [6.45, 7) is 0. The highest BCUT2D eigenvalue weighted by atomic mass is 14.2. The molecule has 4 aromatic carbocycles. The van der Waals surface area contributed by atoms with E-state index in [0.29, 0.717) is 0 Å². The summed E-state index contributed by atoms with van der Waals surface area (Å²) in [6.07, 6.45) is 6.83. The fourth-order valence-electron chi connectivity index (χ4n) is 4.64. The van der Waals surface area contributed by atoms with Crippen LogP contribution >= 0.6 is 0 Å². The van der Waals surface area contributed by atoms with Gasteiger partial charge in [-0.3, -0.25) is 0 Å². The third-order valence-corrected chi connectivity index (χ3v) is 5.71. The van der Waals surface area contributed by atoms with Gasteiger partial charge < -0.3 is 0 Å². The largest absolute Gasteiger partial charge is 0.0613 e. The summed E-state index contributed by atoms with van der Waals surface area (Å²) in [5.41, 5.74) is 8.43. The average molecular weight is 304 g/mol. The van der Waals surface area contributed by atoms with Gasteiger partial charge in [-0.25, -0.2) is 0 Å². The molecule has 0 nitrogen and oxygen atoms in total. The second kappa shape index (κ2) is 4.36. The Bertz CT molecular complexity index is 1150. The maximum Gasteiger partial charge on any atom is -0.00326 e. The van der Waals surface area contributed by atoms with E-state index >= 15 is 0 Å². The van der Waals surface area contributed by atoms with Gasteiger partial charge in [0.1, 0.15) is 0 Å². The van der Waals surface area contributed by atoms with Crippen molar-refractivity contribution in [2.75, 3.05) is 0 Å². The van der Waals surface area contributed by atoms with Crippen molar-refractivity contribution in [2.24, 2.45) is 0 Å². The van der Waals surface area contributed by atoms with Crippen molar-refractivity contribution in [3.63, 3.8) is 0 Å². The van der Waals surface area contributed by atoms with Crippen LogP contribution in [0.25, 0.3) is 44.8 Å². The monoisotopic (exact) mass is 304 g/mol. The standard InChI is InChI=1S/C24H16/c1-3-15-7-9-17-11-13-19(21(5-1)23(15)17)20-14-12-18-10-8-16-4-2-6-22(20)24(16)18/h1-7,9,11-14H,8,10H2. The zero-order chi connectivity index (χ0) is 15.7. The Balaban J connectivity index is 1.76. The predicted octanol–water partition coefficient (Wildman–Crippen LogP) is 6.24. The minimum atomic E-state index is 1.18. The molecule has 24 heavy (non-hydrogen) atoms. The Morgan fingerprint density at radius 3 is 1.96 bits per heavy atom. The molecule has 0 N–H and O–H groups in total. The zero-order valence-corrected chi connectivity index (χ0v) is 13.3. The molecule has 0 unspecified atom stereocenters. The molecule has 0 aliphatic heterocycles. The molecular formula is C24H16. The van der Waals surface area contributed by atoms with Gasteiger partial charge in [-0.1, -0.05) is 72.8 Å². The number of rotatable bonds is 1. The number of benzene rings is 4. The SMILES string of the molecule is C1=Cc2ccc(-c3ccc4c5c(cccc35)CC4)c3cccc1c23. The van der Waals surface area contributed by atoms with Gasteiger partial charge in [0.05, 0.1) is 0 Å². The Morgan fingerprint density at radius 2 is 1.12 bits per heavy atom. The third-order valence-electron chi connectivity index (χ3n) is 5.71. The van der Waals surface area contributed by atoms with E-state index in [4.69, 9.17) is 0 Å². The van der Waals surface area contributed by atoms with Crippen molar-refractivity contribution in [3.8, 4) is 11.1 Å². The summed E-state index contributed by atoms with van der Waals surface area (Å²) < 4.78 is 0. The fourth-order valence-corrected chi connectivity index (χ4v) is 4.64. The predicted molar refractivity (Wildman–Crippen MR) is 103 cm³/mol. The molecule has 2 aliphatic rings. The van der Waals surface area contributed by atoms with Crippen LogP contribution in [0, 0.1) is 0 Å². The molecule has 0 amide bonds. The maximum absolute atomic E-state index is 2.34. The Hall–Kier alpha value is -2.86. The van der Waals surface area contributed by atoms with Gasteiger partial charge in [-0.2, -0.15) is 0 Å².